The maximum absolute atomic E-state index is 12.6. The van der Waals surface area contributed by atoms with Crippen LogP contribution in [-0.2, 0) is 14.3 Å². The van der Waals surface area contributed by atoms with Crippen molar-refractivity contribution < 1.29 is 19.4 Å². The first-order valence-electron chi connectivity index (χ1n) is 19.8. The van der Waals surface area contributed by atoms with E-state index >= 15 is 0 Å². The number of ether oxygens (including phenoxy) is 2. The molecule has 0 radical (unpaired) electrons. The molecule has 0 unspecified atom stereocenters. The van der Waals surface area contributed by atoms with E-state index in [0.29, 0.717) is 29.5 Å². The minimum Gasteiger partial charge on any atom is -0.393 e. The smallest absolute Gasteiger partial charge is 0.139 e. The third kappa shape index (κ3) is 4.26. The summed E-state index contributed by atoms with van der Waals surface area (Å²) in [6.07, 6.45) is 24.6. The number of Topliss-reactive ketones (excluding diaryl/α,β-unsaturated/α-hetero) is 1. The topological polar surface area (TPSA) is 117 Å². The van der Waals surface area contributed by atoms with Crippen LogP contribution in [0.5, 0.6) is 0 Å². The zero-order valence-electron chi connectivity index (χ0n) is 30.8. The van der Waals surface area contributed by atoms with Gasteiger partial charge >= 0.3 is 0 Å². The summed E-state index contributed by atoms with van der Waals surface area (Å²) < 4.78 is 14.0. The van der Waals surface area contributed by atoms with Crippen molar-refractivity contribution >= 4 is 5.78 Å². The molecule has 2 saturated heterocycles. The summed E-state index contributed by atoms with van der Waals surface area (Å²) >= 11 is 0. The van der Waals surface area contributed by atoms with Gasteiger partial charge in [-0.2, -0.15) is 0 Å². The number of ketones is 1. The summed E-state index contributed by atoms with van der Waals surface area (Å²) in [5.41, 5.74) is 14.2. The van der Waals surface area contributed by atoms with Crippen molar-refractivity contribution in [3.63, 3.8) is 0 Å². The predicted octanol–water partition coefficient (Wildman–Crippen LogP) is 8.35. The highest BCUT2D eigenvalue weighted by atomic mass is 16.5. The number of nitrogens with one attached hydrogen (secondary N) is 1. The lowest BCUT2D eigenvalue weighted by molar-refractivity contribution is -0.153. The second-order valence-corrected chi connectivity index (χ2v) is 18.5. The molecule has 4 heterocycles. The van der Waals surface area contributed by atoms with Crippen LogP contribution in [0.1, 0.15) is 111 Å². The standard InChI is InChI=1S/C22H31NO2.C20H25N3O2/c1-14-10-17-11-16-6-7-20(2)18(4-5-19(20)24)22(16)9-8-21(17,25-22)12-15(14)13-23-3;1-12-9-14-10-13-5-6-18(2)16(3-4-17(18)24)20(13)8-7-19(14,25-20)11-15(12)22-23-21/h10-11,14-15,18,23H,4-9,12-13H2,1-3H3;9-12,16-17,24H,3-8H2,1-2H3/t14-,15+,18+,20-,21+,22+;12-,16+,17-,18-,19+,20+/m00/s1. The molecule has 12 atom stereocenters. The molecule has 0 aromatic heterocycles. The molecule has 4 bridgehead atoms. The van der Waals surface area contributed by atoms with E-state index in [2.05, 4.69) is 80.5 Å². The van der Waals surface area contributed by atoms with Crippen LogP contribution in [-0.4, -0.2) is 53.0 Å². The van der Waals surface area contributed by atoms with Crippen molar-refractivity contribution in [2.24, 2.45) is 45.5 Å². The first kappa shape index (κ1) is 33.4. The zero-order chi connectivity index (χ0) is 34.9. The Morgan fingerprint density at radius 1 is 0.920 bits per heavy atom. The molecular weight excluding hydrogens is 624 g/mol. The van der Waals surface area contributed by atoms with Crippen molar-refractivity contribution in [1.82, 2.24) is 5.32 Å². The van der Waals surface area contributed by atoms with E-state index in [1.54, 1.807) is 0 Å². The minimum atomic E-state index is -0.439. The van der Waals surface area contributed by atoms with Gasteiger partial charge in [0.2, 0.25) is 0 Å². The van der Waals surface area contributed by atoms with Crippen molar-refractivity contribution in [3.05, 3.63) is 68.8 Å². The average molecular weight is 681 g/mol. The number of allylic oxidation sites excluding steroid dienone is 2. The molecule has 4 aliphatic heterocycles. The molecule has 8 nitrogen and oxygen atoms in total. The van der Waals surface area contributed by atoms with Crippen LogP contribution in [0.15, 0.2) is 63.5 Å². The third-order valence-corrected chi connectivity index (χ3v) is 16.3. The van der Waals surface area contributed by atoms with E-state index in [0.717, 1.165) is 95.7 Å². The van der Waals surface area contributed by atoms with Crippen LogP contribution in [0.2, 0.25) is 0 Å². The molecule has 2 N–H and O–H groups in total. The fourth-order valence-corrected chi connectivity index (χ4v) is 13.4. The van der Waals surface area contributed by atoms with Gasteiger partial charge in [0.05, 0.1) is 22.9 Å². The molecule has 8 heteroatoms. The molecular formula is C42H56N4O4. The van der Waals surface area contributed by atoms with Gasteiger partial charge in [-0.1, -0.05) is 57.1 Å². The number of aliphatic hydroxyl groups is 1. The Balaban J connectivity index is 0.000000135. The minimum absolute atomic E-state index is 0.0383. The Hall–Kier alpha value is -2.48. The van der Waals surface area contributed by atoms with Gasteiger partial charge in [0, 0.05) is 34.3 Å². The van der Waals surface area contributed by atoms with Crippen molar-refractivity contribution in [2.75, 3.05) is 13.6 Å². The summed E-state index contributed by atoms with van der Waals surface area (Å²) in [5.74, 6) is 2.62. The van der Waals surface area contributed by atoms with Crippen molar-refractivity contribution in [1.29, 1.82) is 0 Å². The number of azide groups is 1. The highest BCUT2D eigenvalue weighted by Crippen LogP contribution is 2.68. The number of fused-ring (bicyclic) bond motifs is 2. The highest BCUT2D eigenvalue weighted by Gasteiger charge is 2.68. The number of nitrogens with zero attached hydrogens (tertiary/aromatic N) is 3. The zero-order valence-corrected chi connectivity index (χ0v) is 30.8. The van der Waals surface area contributed by atoms with E-state index in [1.807, 2.05) is 0 Å². The Kier molecular flexibility index (Phi) is 7.35. The maximum Gasteiger partial charge on any atom is 0.139 e. The summed E-state index contributed by atoms with van der Waals surface area (Å²) in [6, 6.07) is 0. The molecule has 0 aromatic carbocycles. The van der Waals surface area contributed by atoms with Crippen molar-refractivity contribution in [2.45, 2.75) is 140 Å². The second-order valence-electron chi connectivity index (χ2n) is 18.5. The number of aliphatic hydroxyl groups excluding tert-OH is 1. The normalized spacial score (nSPS) is 50.3. The molecule has 6 fully saturated rings. The van der Waals surface area contributed by atoms with Gasteiger partial charge in [0.15, 0.2) is 0 Å². The molecule has 0 amide bonds. The van der Waals surface area contributed by atoms with E-state index in [4.69, 9.17) is 15.0 Å². The SMILES string of the molecule is CNC[C@H]1C[C@@]23CC[C@@]4(O2)C(=CC3=C[C@@H]1C)CC[C@]1(C)C(=O)CC[C@H]14.C[C@H]1C=C2C=C3CC[C@@]4(C)[C@@H](CC[C@@H]4O)[C@@]34CC[C@]2(C=C1N=[N+]=[N-])O4. The fraction of sp³-hybridized carbons (Fsp3) is 0.738. The number of hydrogen-bond acceptors (Lipinski definition) is 6. The monoisotopic (exact) mass is 680 g/mol. The van der Waals surface area contributed by atoms with Gasteiger partial charge in [-0.05, 0) is 148 Å². The van der Waals surface area contributed by atoms with Crippen LogP contribution in [0, 0.1) is 40.4 Å². The highest BCUT2D eigenvalue weighted by molar-refractivity contribution is 5.87. The molecule has 4 saturated carbocycles. The van der Waals surface area contributed by atoms with Gasteiger partial charge in [-0.25, -0.2) is 0 Å². The Morgan fingerprint density at radius 2 is 1.66 bits per heavy atom. The van der Waals surface area contributed by atoms with Crippen LogP contribution >= 0.6 is 0 Å². The molecule has 4 spiro atoms. The lowest BCUT2D eigenvalue weighted by Crippen LogP contribution is -2.55. The molecule has 268 valence electrons. The largest absolute Gasteiger partial charge is 0.393 e. The first-order chi connectivity index (χ1) is 23.9. The van der Waals surface area contributed by atoms with E-state index in [9.17, 15) is 9.90 Å². The first-order valence-corrected chi connectivity index (χ1v) is 19.8. The predicted molar refractivity (Wildman–Crippen MR) is 193 cm³/mol. The van der Waals surface area contributed by atoms with E-state index in [-0.39, 0.29) is 39.7 Å². The Labute approximate surface area is 297 Å². The number of carbonyl (C=O) groups excluding carboxylic acids is 1. The van der Waals surface area contributed by atoms with Gasteiger partial charge in [-0.3, -0.25) is 4.79 Å². The summed E-state index contributed by atoms with van der Waals surface area (Å²) in [5, 5.41) is 17.9. The van der Waals surface area contributed by atoms with Gasteiger partial charge in [0.1, 0.15) is 11.4 Å². The molecule has 10 rings (SSSR count). The molecule has 6 aliphatic carbocycles. The molecule has 10 aliphatic rings. The molecule has 50 heavy (non-hydrogen) atoms. The summed E-state index contributed by atoms with van der Waals surface area (Å²) in [6.45, 7) is 9.96. The van der Waals surface area contributed by atoms with Crippen LogP contribution in [0.25, 0.3) is 10.4 Å². The van der Waals surface area contributed by atoms with E-state index in [1.165, 1.54) is 22.3 Å². The summed E-state index contributed by atoms with van der Waals surface area (Å²) in [7, 11) is 2.05. The van der Waals surface area contributed by atoms with Gasteiger partial charge in [0.25, 0.3) is 0 Å². The van der Waals surface area contributed by atoms with E-state index < -0.39 is 5.60 Å². The Bertz CT molecular complexity index is 1740. The van der Waals surface area contributed by atoms with Crippen LogP contribution in [0.3, 0.4) is 0 Å². The van der Waals surface area contributed by atoms with Crippen LogP contribution < -0.4 is 5.32 Å². The number of rotatable bonds is 3. The summed E-state index contributed by atoms with van der Waals surface area (Å²) in [4.78, 5) is 15.6. The van der Waals surface area contributed by atoms with Crippen LogP contribution in [0.4, 0.5) is 0 Å². The number of carbonyl (C=O) groups is 1. The second kappa shape index (κ2) is 11.0. The van der Waals surface area contributed by atoms with Gasteiger partial charge < -0.3 is 19.9 Å². The lowest BCUT2D eigenvalue weighted by atomic mass is 9.58. The molecule has 0 aromatic rings. The average Bonchev–Trinajstić information content (AvgIpc) is 3.78. The van der Waals surface area contributed by atoms with Gasteiger partial charge in [-0.15, -0.1) is 0 Å². The number of hydrogen-bond donors (Lipinski definition) is 2. The van der Waals surface area contributed by atoms with Crippen molar-refractivity contribution in [3.8, 4) is 0 Å². The third-order valence-electron chi connectivity index (χ3n) is 16.3. The fourth-order valence-electron chi connectivity index (χ4n) is 13.4. The Morgan fingerprint density at radius 3 is 2.44 bits per heavy atom. The quantitative estimate of drug-likeness (QED) is 0.177. The maximum atomic E-state index is 12.6. The lowest BCUT2D eigenvalue weighted by Gasteiger charge is -2.54.